The van der Waals surface area contributed by atoms with Gasteiger partial charge in [-0.3, -0.25) is 0 Å². The molecule has 0 aromatic carbocycles. The van der Waals surface area contributed by atoms with Crippen LogP contribution in [0.2, 0.25) is 0 Å². The zero-order valence-corrected chi connectivity index (χ0v) is 13.1. The van der Waals surface area contributed by atoms with Crippen LogP contribution in [0.3, 0.4) is 0 Å². The molecule has 0 spiro atoms. The normalized spacial score (nSPS) is 23.6. The molecule has 1 aromatic heterocycles. The molecule has 0 radical (unpaired) electrons. The van der Waals surface area contributed by atoms with Gasteiger partial charge in [0.2, 0.25) is 0 Å². The largest absolute Gasteiger partial charge is 0.393 e. The predicted octanol–water partition coefficient (Wildman–Crippen LogP) is 2.31. The number of thiazole rings is 1. The topological polar surface area (TPSA) is 65.5 Å². The Kier molecular flexibility index (Phi) is 4.99. The maximum atomic E-state index is 12.1. The highest BCUT2D eigenvalue weighted by molar-refractivity contribution is 7.11. The number of carbonyl (C=O) groups excluding carboxylic acids is 1. The average Bonchev–Trinajstić information content (AvgIpc) is 2.99. The molecule has 3 unspecified atom stereocenters. The van der Waals surface area contributed by atoms with Crippen molar-refractivity contribution in [2.24, 2.45) is 5.92 Å². The van der Waals surface area contributed by atoms with Crippen LogP contribution in [0.4, 0.5) is 4.79 Å². The summed E-state index contributed by atoms with van der Waals surface area (Å²) in [5, 5.41) is 13.7. The van der Waals surface area contributed by atoms with Gasteiger partial charge in [-0.2, -0.15) is 0 Å². The van der Waals surface area contributed by atoms with E-state index in [-0.39, 0.29) is 24.1 Å². The van der Waals surface area contributed by atoms with E-state index in [1.165, 1.54) is 0 Å². The summed E-state index contributed by atoms with van der Waals surface area (Å²) in [4.78, 5) is 19.2. The van der Waals surface area contributed by atoms with Crippen LogP contribution in [0.25, 0.3) is 0 Å². The molecule has 2 N–H and O–H groups in total. The SMILES string of the molecule is Cc1cnc(C(C)NC(=O)N(C)CC2CCCC2O)s1. The first-order chi connectivity index (χ1) is 9.47. The summed E-state index contributed by atoms with van der Waals surface area (Å²) in [6, 6.07) is -0.193. The predicted molar refractivity (Wildman–Crippen MR) is 79.8 cm³/mol. The van der Waals surface area contributed by atoms with Crippen molar-refractivity contribution >= 4 is 17.4 Å². The van der Waals surface area contributed by atoms with Crippen LogP contribution >= 0.6 is 11.3 Å². The van der Waals surface area contributed by atoms with Crippen LogP contribution in [-0.4, -0.2) is 40.7 Å². The first kappa shape index (κ1) is 15.3. The lowest BCUT2D eigenvalue weighted by Crippen LogP contribution is -2.42. The van der Waals surface area contributed by atoms with E-state index in [0.29, 0.717) is 6.54 Å². The minimum atomic E-state index is -0.260. The molecule has 0 bridgehead atoms. The number of carbonyl (C=O) groups is 1. The van der Waals surface area contributed by atoms with Crippen molar-refractivity contribution in [3.8, 4) is 0 Å². The smallest absolute Gasteiger partial charge is 0.317 e. The number of aliphatic hydroxyl groups excluding tert-OH is 1. The number of amides is 2. The van der Waals surface area contributed by atoms with Crippen LogP contribution in [0, 0.1) is 12.8 Å². The van der Waals surface area contributed by atoms with Gasteiger partial charge in [-0.1, -0.05) is 6.42 Å². The summed E-state index contributed by atoms with van der Waals surface area (Å²) in [6.07, 6.45) is 4.47. The summed E-state index contributed by atoms with van der Waals surface area (Å²) in [5.41, 5.74) is 0. The number of urea groups is 1. The third kappa shape index (κ3) is 3.70. The van der Waals surface area contributed by atoms with E-state index in [2.05, 4.69) is 10.3 Å². The Morgan fingerprint density at radius 1 is 1.65 bits per heavy atom. The zero-order chi connectivity index (χ0) is 14.7. The Bertz CT molecular complexity index is 463. The average molecular weight is 297 g/mol. The quantitative estimate of drug-likeness (QED) is 0.896. The Morgan fingerprint density at radius 3 is 2.95 bits per heavy atom. The number of aromatic nitrogens is 1. The van der Waals surface area contributed by atoms with Crippen LogP contribution in [0.15, 0.2) is 6.20 Å². The van der Waals surface area contributed by atoms with Crippen molar-refractivity contribution in [1.29, 1.82) is 0 Å². The van der Waals surface area contributed by atoms with Crippen molar-refractivity contribution in [2.45, 2.75) is 45.3 Å². The van der Waals surface area contributed by atoms with Crippen LogP contribution in [-0.2, 0) is 0 Å². The van der Waals surface area contributed by atoms with E-state index >= 15 is 0 Å². The Hall–Kier alpha value is -1.14. The molecule has 1 saturated carbocycles. The van der Waals surface area contributed by atoms with Gasteiger partial charge in [-0.15, -0.1) is 11.3 Å². The lowest BCUT2D eigenvalue weighted by atomic mass is 10.1. The van der Waals surface area contributed by atoms with E-state index in [9.17, 15) is 9.90 Å². The first-order valence-corrected chi connectivity index (χ1v) is 7.91. The van der Waals surface area contributed by atoms with E-state index < -0.39 is 0 Å². The molecule has 1 fully saturated rings. The molecule has 1 heterocycles. The molecule has 20 heavy (non-hydrogen) atoms. The number of nitrogens with zero attached hydrogens (tertiary/aromatic N) is 2. The number of rotatable bonds is 4. The fourth-order valence-electron chi connectivity index (χ4n) is 2.59. The van der Waals surface area contributed by atoms with Gasteiger partial charge in [-0.05, 0) is 26.7 Å². The molecule has 1 aliphatic rings. The van der Waals surface area contributed by atoms with Crippen LogP contribution in [0.1, 0.15) is 42.1 Å². The summed E-state index contributed by atoms with van der Waals surface area (Å²) < 4.78 is 0. The van der Waals surface area contributed by atoms with Gasteiger partial charge in [0.15, 0.2) is 0 Å². The second kappa shape index (κ2) is 6.54. The number of hydrogen-bond donors (Lipinski definition) is 2. The van der Waals surface area contributed by atoms with Gasteiger partial charge in [0.25, 0.3) is 0 Å². The summed E-state index contributed by atoms with van der Waals surface area (Å²) in [5.74, 6) is 0.211. The second-order valence-corrected chi connectivity index (χ2v) is 6.89. The molecule has 6 heteroatoms. The lowest BCUT2D eigenvalue weighted by Gasteiger charge is -2.24. The highest BCUT2D eigenvalue weighted by atomic mass is 32.1. The van der Waals surface area contributed by atoms with Crippen molar-refractivity contribution in [3.63, 3.8) is 0 Å². The highest BCUT2D eigenvalue weighted by Crippen LogP contribution is 2.26. The van der Waals surface area contributed by atoms with E-state index in [1.54, 1.807) is 23.3 Å². The molecule has 0 saturated heterocycles. The molecule has 5 nitrogen and oxygen atoms in total. The third-order valence-corrected chi connectivity index (χ3v) is 4.92. The van der Waals surface area contributed by atoms with Gasteiger partial charge in [0.05, 0.1) is 12.1 Å². The van der Waals surface area contributed by atoms with Crippen molar-refractivity contribution in [2.75, 3.05) is 13.6 Å². The molecule has 2 amide bonds. The van der Waals surface area contributed by atoms with Crippen LogP contribution in [0.5, 0.6) is 0 Å². The fourth-order valence-corrected chi connectivity index (χ4v) is 3.37. The van der Waals surface area contributed by atoms with E-state index in [0.717, 1.165) is 29.1 Å². The molecular formula is C14H23N3O2S. The monoisotopic (exact) mass is 297 g/mol. The Balaban J connectivity index is 1.84. The Morgan fingerprint density at radius 2 is 2.40 bits per heavy atom. The summed E-state index contributed by atoms with van der Waals surface area (Å²) in [7, 11) is 1.78. The maximum Gasteiger partial charge on any atom is 0.317 e. The minimum absolute atomic E-state index is 0.0860. The Labute approximate surface area is 124 Å². The number of aryl methyl sites for hydroxylation is 1. The van der Waals surface area contributed by atoms with Crippen molar-refractivity contribution in [1.82, 2.24) is 15.2 Å². The maximum absolute atomic E-state index is 12.1. The lowest BCUT2D eigenvalue weighted by molar-refractivity contribution is 0.113. The third-order valence-electron chi connectivity index (χ3n) is 3.82. The highest BCUT2D eigenvalue weighted by Gasteiger charge is 2.27. The number of aliphatic hydroxyl groups is 1. The number of nitrogens with one attached hydrogen (secondary N) is 1. The van der Waals surface area contributed by atoms with E-state index in [1.807, 2.05) is 20.0 Å². The van der Waals surface area contributed by atoms with Gasteiger partial charge < -0.3 is 15.3 Å². The van der Waals surface area contributed by atoms with Gasteiger partial charge in [-0.25, -0.2) is 9.78 Å². The molecule has 3 atom stereocenters. The van der Waals surface area contributed by atoms with Crippen LogP contribution < -0.4 is 5.32 Å². The van der Waals surface area contributed by atoms with Gasteiger partial charge in [0, 0.05) is 30.6 Å². The molecule has 1 aromatic rings. The molecule has 2 rings (SSSR count). The fraction of sp³-hybridized carbons (Fsp3) is 0.714. The zero-order valence-electron chi connectivity index (χ0n) is 12.3. The van der Waals surface area contributed by atoms with Gasteiger partial charge in [0.1, 0.15) is 5.01 Å². The molecule has 0 aliphatic heterocycles. The summed E-state index contributed by atoms with van der Waals surface area (Å²) in [6.45, 7) is 4.55. The standard InChI is InChI=1S/C14H23N3O2S/c1-9-7-15-13(20-9)10(2)16-14(19)17(3)8-11-5-4-6-12(11)18/h7,10-12,18H,4-6,8H2,1-3H3,(H,16,19). The van der Waals surface area contributed by atoms with Gasteiger partial charge >= 0.3 is 6.03 Å². The number of hydrogen-bond acceptors (Lipinski definition) is 4. The molecule has 112 valence electrons. The summed E-state index contributed by atoms with van der Waals surface area (Å²) >= 11 is 1.60. The van der Waals surface area contributed by atoms with E-state index in [4.69, 9.17) is 0 Å². The molecule has 1 aliphatic carbocycles. The molecular weight excluding hydrogens is 274 g/mol. The first-order valence-electron chi connectivity index (χ1n) is 7.09. The van der Waals surface area contributed by atoms with Crippen molar-refractivity contribution in [3.05, 3.63) is 16.1 Å². The second-order valence-electron chi connectivity index (χ2n) is 5.62. The van der Waals surface area contributed by atoms with Crippen molar-refractivity contribution < 1.29 is 9.90 Å². The minimum Gasteiger partial charge on any atom is -0.393 e.